The molecule has 0 fully saturated rings. The van der Waals surface area contributed by atoms with Gasteiger partial charge in [0, 0.05) is 34.1 Å². The van der Waals surface area contributed by atoms with Crippen molar-refractivity contribution < 1.29 is 67.2 Å². The van der Waals surface area contributed by atoms with Crippen molar-refractivity contribution in [3.8, 4) is 0 Å². The van der Waals surface area contributed by atoms with Crippen molar-refractivity contribution in [2.75, 3.05) is 0 Å². The van der Waals surface area contributed by atoms with E-state index in [4.69, 9.17) is 19.6 Å². The normalized spacial score (nSPS) is 9.54. The summed E-state index contributed by atoms with van der Waals surface area (Å²) < 4.78 is 22.2. The van der Waals surface area contributed by atoms with Crippen LogP contribution in [-0.4, -0.2) is 78.7 Å². The van der Waals surface area contributed by atoms with E-state index in [1.54, 1.807) is 0 Å². The van der Waals surface area contributed by atoms with Gasteiger partial charge in [-0.25, -0.2) is 9.13 Å². The Hall–Kier alpha value is 3.30. The van der Waals surface area contributed by atoms with E-state index in [2.05, 4.69) is 4.31 Å². The van der Waals surface area contributed by atoms with Crippen LogP contribution in [0.5, 0.6) is 0 Å². The molecule has 0 atom stereocenters. The van der Waals surface area contributed by atoms with Crippen molar-refractivity contribution in [3.05, 3.63) is 0 Å². The van der Waals surface area contributed by atoms with Gasteiger partial charge in [-0.05, 0) is 0 Å². The number of rotatable bonds is 2. The summed E-state index contributed by atoms with van der Waals surface area (Å²) in [5.74, 6) is 0. The quantitative estimate of drug-likeness (QED) is 0.336. The molecule has 0 saturated carbocycles. The third-order valence-corrected chi connectivity index (χ3v) is 1.91. The summed E-state index contributed by atoms with van der Waals surface area (Å²) in [4.78, 5) is 31.0. The second-order valence-electron chi connectivity index (χ2n) is 1.06. The van der Waals surface area contributed by atoms with Crippen molar-refractivity contribution in [2.45, 2.75) is 0 Å². The standard InChI is InChI=1S/Fe.Mn.2Na.H4O7P2.2H/c;;;;1-8(2,3)7-9(4,5)6;;/h;;;;(H2,1,2,3)(H2,4,5,6);;. The summed E-state index contributed by atoms with van der Waals surface area (Å²) in [6, 6.07) is 0. The molecule has 0 amide bonds. The fraction of sp³-hybridized carbons (Fsp3) is 0. The van der Waals surface area contributed by atoms with Crippen LogP contribution in [0.15, 0.2) is 0 Å². The molecule has 0 aliphatic heterocycles. The van der Waals surface area contributed by atoms with Crippen LogP contribution in [0, 0.1) is 0 Å². The molecule has 13 heavy (non-hydrogen) atoms. The Morgan fingerprint density at radius 2 is 1.00 bits per heavy atom. The van der Waals surface area contributed by atoms with E-state index in [9.17, 15) is 9.13 Å². The molecule has 0 spiro atoms. The monoisotopic (exact) mass is 337 g/mol. The Kier molecular flexibility index (Phi) is 27.1. The van der Waals surface area contributed by atoms with Crippen LogP contribution in [0.3, 0.4) is 0 Å². The van der Waals surface area contributed by atoms with E-state index < -0.39 is 15.6 Å². The van der Waals surface area contributed by atoms with Gasteiger partial charge in [-0.1, -0.05) is 0 Å². The molecule has 0 aliphatic rings. The average molecular weight is 337 g/mol. The maximum absolute atomic E-state index is 9.63. The maximum atomic E-state index is 9.63. The van der Waals surface area contributed by atoms with E-state index in [0.29, 0.717) is 0 Å². The van der Waals surface area contributed by atoms with E-state index in [0.717, 1.165) is 0 Å². The fourth-order valence-electron chi connectivity index (χ4n) is 0.139. The van der Waals surface area contributed by atoms with E-state index >= 15 is 0 Å². The zero-order chi connectivity index (χ0) is 7.71. The van der Waals surface area contributed by atoms with Crippen LogP contribution < -0.4 is 0 Å². The minimum atomic E-state index is -5.05. The molecule has 0 heterocycles. The fourth-order valence-corrected chi connectivity index (χ4v) is 1.25. The summed E-state index contributed by atoms with van der Waals surface area (Å²) in [6.07, 6.45) is 0. The van der Waals surface area contributed by atoms with Gasteiger partial charge < -0.3 is 19.6 Å². The van der Waals surface area contributed by atoms with Crippen molar-refractivity contribution >= 4 is 74.8 Å². The van der Waals surface area contributed by atoms with E-state index in [1.165, 1.54) is 0 Å². The van der Waals surface area contributed by atoms with Crippen LogP contribution in [0.25, 0.3) is 0 Å². The molecule has 0 aliphatic carbocycles. The first-order valence-corrected chi connectivity index (χ1v) is 4.59. The molecule has 75 valence electrons. The molecule has 0 bridgehead atoms. The Bertz CT molecular complexity index is 165. The van der Waals surface area contributed by atoms with Crippen LogP contribution in [-0.2, 0) is 47.6 Å². The van der Waals surface area contributed by atoms with Crippen LogP contribution in [0.4, 0.5) is 0 Å². The third kappa shape index (κ3) is 31.3. The third-order valence-electron chi connectivity index (χ3n) is 0.213. The number of hydrogen-bond donors (Lipinski definition) is 4. The number of phosphoric acid groups is 2. The van der Waals surface area contributed by atoms with Crippen molar-refractivity contribution in [2.24, 2.45) is 0 Å². The van der Waals surface area contributed by atoms with E-state index in [-0.39, 0.29) is 93.3 Å². The molecule has 1 radical (unpaired) electrons. The first kappa shape index (κ1) is 29.9. The first-order valence-electron chi connectivity index (χ1n) is 1.53. The zero-order valence-electron chi connectivity index (χ0n) is 4.64. The zero-order valence-corrected chi connectivity index (χ0v) is 8.71. The van der Waals surface area contributed by atoms with Gasteiger partial charge >= 0.3 is 74.8 Å². The van der Waals surface area contributed by atoms with Crippen molar-refractivity contribution in [1.29, 1.82) is 0 Å². The Morgan fingerprint density at radius 3 is 1.00 bits per heavy atom. The Labute approximate surface area is 140 Å². The first-order chi connectivity index (χ1) is 3.71. The molecule has 0 saturated heterocycles. The predicted octanol–water partition coefficient (Wildman–Crippen LogP) is -2.11. The summed E-state index contributed by atoms with van der Waals surface area (Å²) in [5, 5.41) is 0. The molecule has 4 N–H and O–H groups in total. The van der Waals surface area contributed by atoms with Gasteiger partial charge in [0.25, 0.3) is 0 Å². The van der Waals surface area contributed by atoms with Gasteiger partial charge in [-0.3, -0.25) is 0 Å². The molecular formula is H6FeMnNa2O7P2. The van der Waals surface area contributed by atoms with Gasteiger partial charge in [-0.2, -0.15) is 4.31 Å². The van der Waals surface area contributed by atoms with Gasteiger partial charge in [0.2, 0.25) is 0 Å². The predicted molar refractivity (Wildman–Crippen MR) is 39.5 cm³/mol. The molecule has 0 rings (SSSR count). The summed E-state index contributed by atoms with van der Waals surface area (Å²) in [6.45, 7) is 0. The Morgan fingerprint density at radius 1 is 0.846 bits per heavy atom. The minimum absolute atomic E-state index is 0. The topological polar surface area (TPSA) is 124 Å². The molecule has 7 nitrogen and oxygen atoms in total. The number of hydrogen-bond acceptors (Lipinski definition) is 3. The second-order valence-corrected chi connectivity index (χ2v) is 3.68. The summed E-state index contributed by atoms with van der Waals surface area (Å²) in [7, 11) is -10.1. The Balaban J connectivity index is -0.0000000533. The molecule has 0 aromatic rings. The molecule has 0 unspecified atom stereocenters. The summed E-state index contributed by atoms with van der Waals surface area (Å²) in [5.41, 5.74) is 0. The summed E-state index contributed by atoms with van der Waals surface area (Å²) >= 11 is 0. The molecule has 13 heteroatoms. The van der Waals surface area contributed by atoms with Gasteiger partial charge in [0.15, 0.2) is 0 Å². The van der Waals surface area contributed by atoms with Gasteiger partial charge in [0.05, 0.1) is 0 Å². The molecular weight excluding hydrogens is 331 g/mol. The van der Waals surface area contributed by atoms with Gasteiger partial charge in [0.1, 0.15) is 0 Å². The van der Waals surface area contributed by atoms with Crippen LogP contribution in [0.1, 0.15) is 0 Å². The van der Waals surface area contributed by atoms with Crippen LogP contribution in [0.2, 0.25) is 0 Å². The molecule has 0 aromatic heterocycles. The molecule has 0 aromatic carbocycles. The average Bonchev–Trinajstić information content (AvgIpc) is 1.14. The van der Waals surface area contributed by atoms with Crippen molar-refractivity contribution in [1.82, 2.24) is 0 Å². The van der Waals surface area contributed by atoms with Gasteiger partial charge in [-0.15, -0.1) is 0 Å². The SMILES string of the molecule is O=P(O)(O)OP(=O)(O)O.[Fe].[Mn].[NaH].[NaH]. The van der Waals surface area contributed by atoms with E-state index in [1.807, 2.05) is 0 Å². The van der Waals surface area contributed by atoms with Crippen LogP contribution >= 0.6 is 15.6 Å². The van der Waals surface area contributed by atoms with Crippen molar-refractivity contribution in [3.63, 3.8) is 0 Å². The second kappa shape index (κ2) is 11.8.